The average Bonchev–Trinajstić information content (AvgIpc) is 3.20. The van der Waals surface area contributed by atoms with Crippen molar-refractivity contribution in [2.24, 2.45) is 0 Å². The van der Waals surface area contributed by atoms with E-state index in [-0.39, 0.29) is 11.8 Å². The van der Waals surface area contributed by atoms with Crippen LogP contribution in [0.2, 0.25) is 0 Å². The van der Waals surface area contributed by atoms with E-state index in [0.717, 1.165) is 77.9 Å². The van der Waals surface area contributed by atoms with Gasteiger partial charge in [0.2, 0.25) is 0 Å². The number of aryl methyl sites for hydroxylation is 6. The lowest BCUT2D eigenvalue weighted by Gasteiger charge is -2.15. The third-order valence-corrected chi connectivity index (χ3v) is 10.8. The van der Waals surface area contributed by atoms with E-state index in [4.69, 9.17) is 9.97 Å². The molecule has 0 fully saturated rings. The Bertz CT molecular complexity index is 2680. The second kappa shape index (κ2) is 14.7. The fourth-order valence-electron chi connectivity index (χ4n) is 7.17. The standard InChI is InChI=1S/C50H42N4O2/c1-29-15-17-37(23-31(29)3)47-27-41(39-11-7-9-13-45(39)51-47)49(55)53-43-21-19-35(25-33(43)5)36-20-22-44(34(6)26-36)54-50(56)42-28-48(38-18-16-30(2)32(4)24-38)52-46-14-10-8-12-40(42)46/h7-28H,1-6H3,(H,53,55)(H,54,56). The number of pyridine rings is 2. The quantitative estimate of drug-likeness (QED) is 0.171. The van der Waals surface area contributed by atoms with Crippen LogP contribution in [0.1, 0.15) is 54.1 Å². The van der Waals surface area contributed by atoms with Crippen LogP contribution >= 0.6 is 0 Å². The highest BCUT2D eigenvalue weighted by Gasteiger charge is 2.18. The number of nitrogens with one attached hydrogen (secondary N) is 2. The molecule has 56 heavy (non-hydrogen) atoms. The van der Waals surface area contributed by atoms with Gasteiger partial charge in [-0.1, -0.05) is 72.8 Å². The molecule has 6 heteroatoms. The first-order valence-corrected chi connectivity index (χ1v) is 18.8. The smallest absolute Gasteiger partial charge is 0.256 e. The molecule has 2 N–H and O–H groups in total. The van der Waals surface area contributed by atoms with E-state index < -0.39 is 0 Å². The van der Waals surface area contributed by atoms with Crippen molar-refractivity contribution in [3.8, 4) is 33.6 Å². The second-order valence-electron chi connectivity index (χ2n) is 14.7. The molecule has 2 amide bonds. The van der Waals surface area contributed by atoms with Crippen molar-refractivity contribution in [1.29, 1.82) is 0 Å². The zero-order chi connectivity index (χ0) is 39.1. The molecule has 0 aliphatic rings. The van der Waals surface area contributed by atoms with Crippen LogP contribution in [0.5, 0.6) is 0 Å². The summed E-state index contributed by atoms with van der Waals surface area (Å²) in [6, 6.07) is 43.9. The molecule has 6 nitrogen and oxygen atoms in total. The Kier molecular flexibility index (Phi) is 9.48. The summed E-state index contributed by atoms with van der Waals surface area (Å²) in [5, 5.41) is 7.93. The van der Waals surface area contributed by atoms with Gasteiger partial charge in [0.1, 0.15) is 0 Å². The number of nitrogens with zero attached hydrogens (tertiary/aromatic N) is 2. The van der Waals surface area contributed by atoms with Crippen LogP contribution in [0.4, 0.5) is 11.4 Å². The Morgan fingerprint density at radius 3 is 1.16 bits per heavy atom. The molecule has 0 aliphatic heterocycles. The van der Waals surface area contributed by atoms with Gasteiger partial charge in [-0.2, -0.15) is 0 Å². The van der Waals surface area contributed by atoms with E-state index >= 15 is 0 Å². The number of aromatic nitrogens is 2. The molecule has 0 atom stereocenters. The average molecular weight is 731 g/mol. The van der Waals surface area contributed by atoms with Crippen LogP contribution in [0, 0.1) is 41.5 Å². The highest BCUT2D eigenvalue weighted by atomic mass is 16.2. The van der Waals surface area contributed by atoms with Crippen molar-refractivity contribution in [3.05, 3.63) is 178 Å². The molecule has 0 saturated heterocycles. The van der Waals surface area contributed by atoms with Gasteiger partial charge in [-0.05, 0) is 147 Å². The monoisotopic (exact) mass is 730 g/mol. The maximum Gasteiger partial charge on any atom is 0.256 e. The molecule has 274 valence electrons. The molecule has 0 radical (unpaired) electrons. The molecule has 2 aromatic heterocycles. The molecular weight excluding hydrogens is 689 g/mol. The first kappa shape index (κ1) is 36.1. The molecule has 6 aromatic carbocycles. The molecule has 8 rings (SSSR count). The fraction of sp³-hybridized carbons (Fsp3) is 0.120. The number of hydrogen-bond donors (Lipinski definition) is 2. The number of benzene rings is 6. The third-order valence-electron chi connectivity index (χ3n) is 10.8. The Morgan fingerprint density at radius 2 is 0.768 bits per heavy atom. The highest BCUT2D eigenvalue weighted by Crippen LogP contribution is 2.32. The van der Waals surface area contributed by atoms with Crippen molar-refractivity contribution < 1.29 is 9.59 Å². The lowest BCUT2D eigenvalue weighted by atomic mass is 9.98. The highest BCUT2D eigenvalue weighted by molar-refractivity contribution is 6.14. The van der Waals surface area contributed by atoms with Gasteiger partial charge in [0.25, 0.3) is 11.8 Å². The SMILES string of the molecule is Cc1ccc(-c2cc(C(=O)Nc3ccc(-c4ccc(NC(=O)c5cc(-c6ccc(C)c(C)c6)nc6ccccc56)c(C)c4)cc3C)c3ccccc3n2)cc1C. The van der Waals surface area contributed by atoms with Gasteiger partial charge < -0.3 is 10.6 Å². The molecule has 0 spiro atoms. The second-order valence-corrected chi connectivity index (χ2v) is 14.7. The van der Waals surface area contributed by atoms with Crippen molar-refractivity contribution >= 4 is 45.0 Å². The van der Waals surface area contributed by atoms with Crippen molar-refractivity contribution in [3.63, 3.8) is 0 Å². The predicted molar refractivity (Wildman–Crippen MR) is 231 cm³/mol. The van der Waals surface area contributed by atoms with Gasteiger partial charge in [-0.25, -0.2) is 9.97 Å². The summed E-state index contributed by atoms with van der Waals surface area (Å²) in [5.74, 6) is -0.382. The zero-order valence-corrected chi connectivity index (χ0v) is 32.4. The van der Waals surface area contributed by atoms with Gasteiger partial charge in [0.15, 0.2) is 0 Å². The molecule has 2 heterocycles. The van der Waals surface area contributed by atoms with Crippen molar-refractivity contribution in [2.75, 3.05) is 10.6 Å². The topological polar surface area (TPSA) is 84.0 Å². The zero-order valence-electron chi connectivity index (χ0n) is 32.4. The first-order valence-electron chi connectivity index (χ1n) is 18.8. The van der Waals surface area contributed by atoms with E-state index in [1.165, 1.54) is 22.3 Å². The lowest BCUT2D eigenvalue weighted by molar-refractivity contribution is 0.102. The summed E-state index contributed by atoms with van der Waals surface area (Å²) in [4.78, 5) is 37.6. The molecule has 0 bridgehead atoms. The van der Waals surface area contributed by atoms with Gasteiger partial charge in [0, 0.05) is 33.3 Å². The molecule has 0 saturated carbocycles. The number of carbonyl (C=O) groups is 2. The summed E-state index contributed by atoms with van der Waals surface area (Å²) in [7, 11) is 0. The Hall–Kier alpha value is -6.92. The largest absolute Gasteiger partial charge is 0.322 e. The number of anilines is 2. The maximum atomic E-state index is 13.9. The molecule has 0 aliphatic carbocycles. The molecular formula is C50H42N4O2. The Labute approximate surface area is 327 Å². The van der Waals surface area contributed by atoms with Crippen molar-refractivity contribution in [1.82, 2.24) is 9.97 Å². The van der Waals surface area contributed by atoms with Gasteiger partial charge in [0.05, 0.1) is 33.5 Å². The van der Waals surface area contributed by atoms with E-state index in [1.807, 2.05) is 98.8 Å². The van der Waals surface area contributed by atoms with Crippen LogP contribution in [0.15, 0.2) is 133 Å². The van der Waals surface area contributed by atoms with Crippen LogP contribution in [0.25, 0.3) is 55.4 Å². The van der Waals surface area contributed by atoms with Crippen LogP contribution in [-0.4, -0.2) is 21.8 Å². The van der Waals surface area contributed by atoms with E-state index in [1.54, 1.807) is 0 Å². The lowest BCUT2D eigenvalue weighted by Crippen LogP contribution is -2.14. The van der Waals surface area contributed by atoms with E-state index in [2.05, 4.69) is 86.9 Å². The molecule has 8 aromatic rings. The van der Waals surface area contributed by atoms with Gasteiger partial charge >= 0.3 is 0 Å². The molecule has 0 unspecified atom stereocenters. The van der Waals surface area contributed by atoms with Crippen LogP contribution in [0.3, 0.4) is 0 Å². The minimum atomic E-state index is -0.191. The minimum absolute atomic E-state index is 0.191. The number of rotatable bonds is 7. The third kappa shape index (κ3) is 7.05. The van der Waals surface area contributed by atoms with Crippen LogP contribution in [-0.2, 0) is 0 Å². The normalized spacial score (nSPS) is 11.2. The number of carbonyl (C=O) groups excluding carboxylic acids is 2. The van der Waals surface area contributed by atoms with Crippen molar-refractivity contribution in [2.45, 2.75) is 41.5 Å². The predicted octanol–water partition coefficient (Wildman–Crippen LogP) is 12.1. The summed E-state index contributed by atoms with van der Waals surface area (Å²) in [6.45, 7) is 12.3. The first-order chi connectivity index (χ1) is 27.0. The number of para-hydroxylation sites is 2. The summed E-state index contributed by atoms with van der Waals surface area (Å²) in [5.41, 5.74) is 16.3. The maximum absolute atomic E-state index is 13.9. The summed E-state index contributed by atoms with van der Waals surface area (Å²) in [6.07, 6.45) is 0. The summed E-state index contributed by atoms with van der Waals surface area (Å²) >= 11 is 0. The van der Waals surface area contributed by atoms with Gasteiger partial charge in [-0.15, -0.1) is 0 Å². The Morgan fingerprint density at radius 1 is 0.393 bits per heavy atom. The number of fused-ring (bicyclic) bond motifs is 2. The number of hydrogen-bond acceptors (Lipinski definition) is 4. The fourth-order valence-corrected chi connectivity index (χ4v) is 7.17. The minimum Gasteiger partial charge on any atom is -0.322 e. The number of amides is 2. The summed E-state index contributed by atoms with van der Waals surface area (Å²) < 4.78 is 0. The van der Waals surface area contributed by atoms with E-state index in [0.29, 0.717) is 11.1 Å². The Balaban J connectivity index is 1.03. The van der Waals surface area contributed by atoms with Gasteiger partial charge in [-0.3, -0.25) is 9.59 Å². The van der Waals surface area contributed by atoms with Crippen LogP contribution < -0.4 is 10.6 Å². The van der Waals surface area contributed by atoms with E-state index in [9.17, 15) is 9.59 Å².